The van der Waals surface area contributed by atoms with Crippen LogP contribution >= 0.6 is 15.9 Å². The average molecular weight is 349 g/mol. The normalized spacial score (nSPS) is 15.3. The second kappa shape index (κ2) is 6.45. The average Bonchev–Trinajstić information content (AvgIpc) is 3.10. The van der Waals surface area contributed by atoms with Crippen LogP contribution < -0.4 is 5.32 Å². The minimum absolute atomic E-state index is 0.172. The van der Waals surface area contributed by atoms with Crippen LogP contribution in [-0.4, -0.2) is 23.9 Å². The van der Waals surface area contributed by atoms with Crippen LogP contribution in [0.3, 0.4) is 0 Å². The predicted octanol–water partition coefficient (Wildman–Crippen LogP) is 3.89. The van der Waals surface area contributed by atoms with Gasteiger partial charge in [-0.25, -0.2) is 0 Å². The van der Waals surface area contributed by atoms with Crippen molar-refractivity contribution in [2.75, 3.05) is 18.4 Å². The van der Waals surface area contributed by atoms with Crippen molar-refractivity contribution < 1.29 is 9.21 Å². The number of anilines is 1. The third kappa shape index (κ3) is 3.54. The number of halogens is 1. The molecule has 4 nitrogen and oxygen atoms in total. The number of furan rings is 1. The molecule has 1 aromatic carbocycles. The Bertz CT molecular complexity index is 633. The number of rotatable bonds is 4. The zero-order valence-corrected chi connectivity index (χ0v) is 13.2. The van der Waals surface area contributed by atoms with E-state index in [1.807, 2.05) is 18.2 Å². The van der Waals surface area contributed by atoms with Gasteiger partial charge >= 0.3 is 0 Å². The predicted molar refractivity (Wildman–Crippen MR) is 85.3 cm³/mol. The molecule has 0 unspecified atom stereocenters. The molecule has 1 aliphatic heterocycles. The lowest BCUT2D eigenvalue weighted by molar-refractivity contribution is 0.102. The van der Waals surface area contributed by atoms with Crippen molar-refractivity contribution in [1.82, 2.24) is 4.90 Å². The molecule has 110 valence electrons. The molecule has 0 saturated carbocycles. The Balaban J connectivity index is 1.68. The number of nitrogens with zero attached hydrogens (tertiary/aromatic N) is 1. The van der Waals surface area contributed by atoms with Crippen molar-refractivity contribution in [3.8, 4) is 0 Å². The first-order chi connectivity index (χ1) is 10.2. The number of hydrogen-bond acceptors (Lipinski definition) is 3. The number of amides is 1. The van der Waals surface area contributed by atoms with Crippen LogP contribution in [0.2, 0.25) is 0 Å². The molecule has 1 amide bonds. The number of benzene rings is 1. The summed E-state index contributed by atoms with van der Waals surface area (Å²) in [5.41, 5.74) is 2.53. The fourth-order valence-electron chi connectivity index (χ4n) is 2.60. The number of nitrogens with one attached hydrogen (secondary N) is 1. The molecule has 1 N–H and O–H groups in total. The lowest BCUT2D eigenvalue weighted by Gasteiger charge is -2.15. The fraction of sp³-hybridized carbons (Fsp3) is 0.312. The standard InChI is InChI=1S/C16H17BrN2O2/c17-15-14(6-9-21-15)16(20)18-13-5-3-4-12(10-13)11-19-7-1-2-8-19/h3-6,9-10H,1-2,7-8,11H2,(H,18,20). The SMILES string of the molecule is O=C(Nc1cccc(CN2CCCC2)c1)c1ccoc1Br. The molecule has 1 saturated heterocycles. The maximum absolute atomic E-state index is 12.1. The van der Waals surface area contributed by atoms with Crippen LogP contribution in [0.25, 0.3) is 0 Å². The highest BCUT2D eigenvalue weighted by atomic mass is 79.9. The zero-order valence-electron chi connectivity index (χ0n) is 11.6. The Kier molecular flexibility index (Phi) is 4.41. The highest BCUT2D eigenvalue weighted by Gasteiger charge is 2.14. The van der Waals surface area contributed by atoms with Gasteiger partial charge in [-0.15, -0.1) is 0 Å². The van der Waals surface area contributed by atoms with Crippen molar-refractivity contribution in [2.24, 2.45) is 0 Å². The number of hydrogen-bond donors (Lipinski definition) is 1. The van der Waals surface area contributed by atoms with Crippen LogP contribution in [0.1, 0.15) is 28.8 Å². The Morgan fingerprint density at radius 1 is 1.29 bits per heavy atom. The summed E-state index contributed by atoms with van der Waals surface area (Å²) in [6, 6.07) is 9.66. The van der Waals surface area contributed by atoms with Gasteiger partial charge in [0.2, 0.25) is 0 Å². The second-order valence-corrected chi connectivity index (χ2v) is 5.97. The molecule has 0 spiro atoms. The number of likely N-dealkylation sites (tertiary alicyclic amines) is 1. The third-order valence-corrected chi connectivity index (χ3v) is 4.27. The molecule has 0 radical (unpaired) electrons. The molecule has 0 bridgehead atoms. The van der Waals surface area contributed by atoms with Gasteiger partial charge in [-0.05, 0) is 65.6 Å². The third-order valence-electron chi connectivity index (χ3n) is 3.65. The van der Waals surface area contributed by atoms with E-state index in [-0.39, 0.29) is 5.91 Å². The molecule has 2 aromatic rings. The monoisotopic (exact) mass is 348 g/mol. The van der Waals surface area contributed by atoms with E-state index in [0.717, 1.165) is 12.2 Å². The van der Waals surface area contributed by atoms with Crippen molar-refractivity contribution in [2.45, 2.75) is 19.4 Å². The first-order valence-electron chi connectivity index (χ1n) is 7.08. The van der Waals surface area contributed by atoms with Crippen LogP contribution in [0.15, 0.2) is 45.7 Å². The van der Waals surface area contributed by atoms with E-state index in [1.54, 1.807) is 6.07 Å². The summed E-state index contributed by atoms with van der Waals surface area (Å²) in [4.78, 5) is 14.6. The van der Waals surface area contributed by atoms with Gasteiger partial charge in [0.05, 0.1) is 11.8 Å². The fourth-order valence-corrected chi connectivity index (χ4v) is 3.02. The van der Waals surface area contributed by atoms with Crippen molar-refractivity contribution in [1.29, 1.82) is 0 Å². The van der Waals surface area contributed by atoms with E-state index in [2.05, 4.69) is 32.2 Å². The molecule has 1 aliphatic rings. The van der Waals surface area contributed by atoms with Gasteiger partial charge < -0.3 is 9.73 Å². The van der Waals surface area contributed by atoms with Crippen LogP contribution in [-0.2, 0) is 6.54 Å². The molecule has 21 heavy (non-hydrogen) atoms. The van der Waals surface area contributed by atoms with Gasteiger partial charge in [0.15, 0.2) is 4.67 Å². The smallest absolute Gasteiger partial charge is 0.260 e. The van der Waals surface area contributed by atoms with Gasteiger partial charge in [0, 0.05) is 12.2 Å². The molecule has 1 aromatic heterocycles. The van der Waals surface area contributed by atoms with E-state index in [0.29, 0.717) is 10.2 Å². The summed E-state index contributed by atoms with van der Waals surface area (Å²) in [7, 11) is 0. The topological polar surface area (TPSA) is 45.5 Å². The Hall–Kier alpha value is -1.59. The van der Waals surface area contributed by atoms with E-state index >= 15 is 0 Å². The number of carbonyl (C=O) groups excluding carboxylic acids is 1. The minimum Gasteiger partial charge on any atom is -0.457 e. The first kappa shape index (κ1) is 14.4. The molecule has 5 heteroatoms. The Morgan fingerprint density at radius 2 is 2.10 bits per heavy atom. The molecule has 3 rings (SSSR count). The molecule has 1 fully saturated rings. The molecular formula is C16H17BrN2O2. The summed E-state index contributed by atoms with van der Waals surface area (Å²) in [6.07, 6.45) is 4.05. The number of carbonyl (C=O) groups is 1. The summed E-state index contributed by atoms with van der Waals surface area (Å²) < 4.78 is 5.54. The lowest BCUT2D eigenvalue weighted by Crippen LogP contribution is -2.18. The van der Waals surface area contributed by atoms with Gasteiger partial charge in [0.25, 0.3) is 5.91 Å². The quantitative estimate of drug-likeness (QED) is 0.911. The van der Waals surface area contributed by atoms with Crippen LogP contribution in [0.5, 0.6) is 0 Å². The highest BCUT2D eigenvalue weighted by Crippen LogP contribution is 2.20. The molecular weight excluding hydrogens is 332 g/mol. The maximum Gasteiger partial charge on any atom is 0.260 e. The molecule has 0 aliphatic carbocycles. The van der Waals surface area contributed by atoms with Gasteiger partial charge in [-0.1, -0.05) is 12.1 Å². The van der Waals surface area contributed by atoms with Crippen molar-refractivity contribution in [3.05, 3.63) is 52.4 Å². The van der Waals surface area contributed by atoms with E-state index in [9.17, 15) is 4.79 Å². The van der Waals surface area contributed by atoms with Crippen molar-refractivity contribution >= 4 is 27.5 Å². The second-order valence-electron chi connectivity index (χ2n) is 5.25. The minimum atomic E-state index is -0.172. The van der Waals surface area contributed by atoms with Gasteiger partial charge in [0.1, 0.15) is 0 Å². The van der Waals surface area contributed by atoms with E-state index in [4.69, 9.17) is 4.42 Å². The largest absolute Gasteiger partial charge is 0.457 e. The summed E-state index contributed by atoms with van der Waals surface area (Å²) in [5, 5.41) is 2.90. The van der Waals surface area contributed by atoms with Crippen molar-refractivity contribution in [3.63, 3.8) is 0 Å². The van der Waals surface area contributed by atoms with Crippen LogP contribution in [0, 0.1) is 0 Å². The van der Waals surface area contributed by atoms with E-state index in [1.165, 1.54) is 37.8 Å². The van der Waals surface area contributed by atoms with Gasteiger partial charge in [-0.3, -0.25) is 9.69 Å². The Labute approximate surface area is 132 Å². The maximum atomic E-state index is 12.1. The summed E-state index contributed by atoms with van der Waals surface area (Å²) in [6.45, 7) is 3.27. The first-order valence-corrected chi connectivity index (χ1v) is 7.87. The Morgan fingerprint density at radius 3 is 2.81 bits per heavy atom. The summed E-state index contributed by atoms with van der Waals surface area (Å²) in [5.74, 6) is -0.172. The zero-order chi connectivity index (χ0) is 14.7. The molecule has 0 atom stereocenters. The van der Waals surface area contributed by atoms with Crippen LogP contribution in [0.4, 0.5) is 5.69 Å². The van der Waals surface area contributed by atoms with Gasteiger partial charge in [-0.2, -0.15) is 0 Å². The summed E-state index contributed by atoms with van der Waals surface area (Å²) >= 11 is 3.22. The highest BCUT2D eigenvalue weighted by molar-refractivity contribution is 9.10. The lowest BCUT2D eigenvalue weighted by atomic mass is 10.2. The molecule has 2 heterocycles. The van der Waals surface area contributed by atoms with E-state index < -0.39 is 0 Å².